The third-order valence-corrected chi connectivity index (χ3v) is 7.69. The van der Waals surface area contributed by atoms with Gasteiger partial charge in [0.25, 0.3) is 0 Å². The average molecular weight is 421 g/mol. The van der Waals surface area contributed by atoms with Crippen molar-refractivity contribution in [1.29, 1.82) is 0 Å². The first kappa shape index (κ1) is 18.1. The van der Waals surface area contributed by atoms with Gasteiger partial charge in [0.15, 0.2) is 0 Å². The van der Waals surface area contributed by atoms with Gasteiger partial charge in [0.05, 0.1) is 0 Å². The summed E-state index contributed by atoms with van der Waals surface area (Å²) in [5.74, 6) is 0. The van der Waals surface area contributed by atoms with Crippen LogP contribution in [0.1, 0.15) is 0 Å². The number of hydrogen-bond acceptors (Lipinski definition) is 2. The summed E-state index contributed by atoms with van der Waals surface area (Å²) in [6.07, 6.45) is 4.26. The summed E-state index contributed by atoms with van der Waals surface area (Å²) in [5, 5.41) is 13.3. The minimum Gasteiger partial charge on any atom is -0.130 e. The van der Waals surface area contributed by atoms with Gasteiger partial charge >= 0.3 is 0 Å². The fourth-order valence-corrected chi connectivity index (χ4v) is 5.63. The molecule has 6 aromatic carbocycles. The van der Waals surface area contributed by atoms with Crippen LogP contribution in [0.4, 0.5) is 0 Å². The van der Waals surface area contributed by atoms with Crippen LogP contribution in [-0.4, -0.2) is 12.5 Å². The van der Waals surface area contributed by atoms with Crippen molar-refractivity contribution in [2.75, 3.05) is 12.5 Å². The lowest BCUT2D eigenvalue weighted by molar-refractivity contribution is 1.52. The molecule has 0 saturated carbocycles. The van der Waals surface area contributed by atoms with Gasteiger partial charge in [0.2, 0.25) is 0 Å². The summed E-state index contributed by atoms with van der Waals surface area (Å²) in [7, 11) is 0. The third kappa shape index (κ3) is 2.64. The van der Waals surface area contributed by atoms with Crippen LogP contribution < -0.4 is 0 Å². The van der Waals surface area contributed by atoms with E-state index in [2.05, 4.69) is 97.4 Å². The Morgan fingerprint density at radius 2 is 0.667 bits per heavy atom. The summed E-state index contributed by atoms with van der Waals surface area (Å²) >= 11 is 3.59. The zero-order chi connectivity index (χ0) is 20.2. The normalized spacial score (nSPS) is 11.9. The molecule has 0 radical (unpaired) electrons. The highest BCUT2D eigenvalue weighted by molar-refractivity contribution is 7.98. The molecule has 144 valence electrons. The Balaban J connectivity index is 1.68. The fourth-order valence-electron chi connectivity index (χ4n) is 4.73. The number of benzene rings is 6. The lowest BCUT2D eigenvalue weighted by Crippen LogP contribution is -1.84. The van der Waals surface area contributed by atoms with Crippen molar-refractivity contribution in [3.05, 3.63) is 84.9 Å². The Hall–Kier alpha value is -2.68. The Morgan fingerprint density at radius 1 is 0.367 bits per heavy atom. The molecule has 6 aromatic rings. The lowest BCUT2D eigenvalue weighted by Gasteiger charge is -2.12. The van der Waals surface area contributed by atoms with Crippen LogP contribution in [0.5, 0.6) is 0 Å². The summed E-state index contributed by atoms with van der Waals surface area (Å²) in [6.45, 7) is 0. The van der Waals surface area contributed by atoms with Crippen molar-refractivity contribution < 1.29 is 0 Å². The number of thioether (sulfide) groups is 2. The molecule has 0 spiro atoms. The van der Waals surface area contributed by atoms with Crippen molar-refractivity contribution in [2.45, 2.75) is 9.79 Å². The van der Waals surface area contributed by atoms with Gasteiger partial charge in [-0.3, -0.25) is 0 Å². The second-order valence-electron chi connectivity index (χ2n) is 7.72. The van der Waals surface area contributed by atoms with Gasteiger partial charge in [0.1, 0.15) is 0 Å². The highest BCUT2D eigenvalue weighted by Crippen LogP contribution is 2.38. The van der Waals surface area contributed by atoms with Crippen molar-refractivity contribution in [3.8, 4) is 0 Å². The molecule has 0 heterocycles. The van der Waals surface area contributed by atoms with Crippen LogP contribution in [-0.2, 0) is 0 Å². The molecule has 0 N–H and O–H groups in total. The van der Waals surface area contributed by atoms with E-state index in [9.17, 15) is 0 Å². The summed E-state index contributed by atoms with van der Waals surface area (Å²) < 4.78 is 0. The quantitative estimate of drug-likeness (QED) is 0.203. The largest absolute Gasteiger partial charge is 0.130 e. The summed E-state index contributed by atoms with van der Waals surface area (Å²) in [4.78, 5) is 2.62. The standard InChI is InChI=1S/C28H20S2/c1-29-19-5-9-21-17(15-19)3-7-25-23(21)11-13-28-26-8-4-18-16-20(30-2)6-10-22(18)24(26)12-14-27(25)28/h3-16H,1-2H3. The Morgan fingerprint density at radius 3 is 1.03 bits per heavy atom. The number of rotatable bonds is 2. The molecule has 0 aromatic heterocycles. The predicted molar refractivity (Wildman–Crippen MR) is 138 cm³/mol. The molecule has 0 aliphatic heterocycles. The first-order valence-corrected chi connectivity index (χ1v) is 12.5. The monoisotopic (exact) mass is 420 g/mol. The van der Waals surface area contributed by atoms with Crippen LogP contribution in [0.3, 0.4) is 0 Å². The molecule has 0 fully saturated rings. The first-order chi connectivity index (χ1) is 14.8. The molecule has 0 aliphatic carbocycles. The second-order valence-corrected chi connectivity index (χ2v) is 9.48. The zero-order valence-electron chi connectivity index (χ0n) is 16.9. The van der Waals surface area contributed by atoms with E-state index in [1.807, 2.05) is 0 Å². The maximum atomic E-state index is 2.31. The molecule has 6 rings (SSSR count). The Bertz CT molecular complexity index is 1490. The van der Waals surface area contributed by atoms with E-state index < -0.39 is 0 Å². The number of fused-ring (bicyclic) bond motifs is 9. The highest BCUT2D eigenvalue weighted by atomic mass is 32.2. The maximum Gasteiger partial charge on any atom is 0.00755 e. The molecule has 0 bridgehead atoms. The Labute approximate surface area is 184 Å². The first-order valence-electron chi connectivity index (χ1n) is 10.1. The van der Waals surface area contributed by atoms with E-state index in [-0.39, 0.29) is 0 Å². The van der Waals surface area contributed by atoms with Gasteiger partial charge in [-0.05, 0) is 90.6 Å². The van der Waals surface area contributed by atoms with E-state index in [1.165, 1.54) is 63.7 Å². The topological polar surface area (TPSA) is 0 Å². The fraction of sp³-hybridized carbons (Fsp3) is 0.0714. The minimum atomic E-state index is 1.31. The maximum absolute atomic E-state index is 2.31. The zero-order valence-corrected chi connectivity index (χ0v) is 18.5. The van der Waals surface area contributed by atoms with Gasteiger partial charge in [0, 0.05) is 9.79 Å². The van der Waals surface area contributed by atoms with Gasteiger partial charge in [-0.1, -0.05) is 60.7 Å². The predicted octanol–water partition coefficient (Wildman–Crippen LogP) is 8.90. The average Bonchev–Trinajstić information content (AvgIpc) is 2.82. The third-order valence-electron chi connectivity index (χ3n) is 6.24. The SMILES string of the molecule is CSc1ccc2c(ccc3c2ccc2c4ccc5cc(SC)ccc5c4ccc32)c1. The molecular weight excluding hydrogens is 400 g/mol. The van der Waals surface area contributed by atoms with E-state index >= 15 is 0 Å². The van der Waals surface area contributed by atoms with Gasteiger partial charge in [-0.2, -0.15) is 0 Å². The molecule has 30 heavy (non-hydrogen) atoms. The van der Waals surface area contributed by atoms with E-state index in [1.54, 1.807) is 23.5 Å². The van der Waals surface area contributed by atoms with E-state index in [4.69, 9.17) is 0 Å². The molecule has 0 amide bonds. The molecule has 0 saturated heterocycles. The van der Waals surface area contributed by atoms with Gasteiger partial charge in [-0.15, -0.1) is 23.5 Å². The second kappa shape index (κ2) is 6.94. The minimum absolute atomic E-state index is 1.31. The van der Waals surface area contributed by atoms with E-state index in [0.717, 1.165) is 0 Å². The van der Waals surface area contributed by atoms with Crippen molar-refractivity contribution in [1.82, 2.24) is 0 Å². The lowest BCUT2D eigenvalue weighted by atomic mass is 9.92. The highest BCUT2D eigenvalue weighted by Gasteiger charge is 2.09. The summed E-state index contributed by atoms with van der Waals surface area (Å²) in [5.41, 5.74) is 0. The van der Waals surface area contributed by atoms with Crippen LogP contribution in [0.15, 0.2) is 94.7 Å². The van der Waals surface area contributed by atoms with Gasteiger partial charge < -0.3 is 0 Å². The van der Waals surface area contributed by atoms with Crippen LogP contribution in [0.25, 0.3) is 53.9 Å². The van der Waals surface area contributed by atoms with Crippen molar-refractivity contribution >= 4 is 77.4 Å². The molecule has 0 atom stereocenters. The molecular formula is C28H20S2. The van der Waals surface area contributed by atoms with E-state index in [0.29, 0.717) is 0 Å². The summed E-state index contributed by atoms with van der Waals surface area (Å²) in [6, 6.07) is 31.9. The van der Waals surface area contributed by atoms with Crippen molar-refractivity contribution in [3.63, 3.8) is 0 Å². The smallest absolute Gasteiger partial charge is 0.00755 e. The van der Waals surface area contributed by atoms with Crippen LogP contribution >= 0.6 is 23.5 Å². The molecule has 0 nitrogen and oxygen atoms in total. The number of hydrogen-bond donors (Lipinski definition) is 0. The molecule has 2 heteroatoms. The van der Waals surface area contributed by atoms with Gasteiger partial charge in [-0.25, -0.2) is 0 Å². The van der Waals surface area contributed by atoms with Crippen molar-refractivity contribution in [2.24, 2.45) is 0 Å². The van der Waals surface area contributed by atoms with Crippen LogP contribution in [0.2, 0.25) is 0 Å². The molecule has 0 unspecified atom stereocenters. The molecule has 0 aliphatic rings. The Kier molecular flexibility index (Phi) is 4.19. The van der Waals surface area contributed by atoms with Crippen LogP contribution in [0, 0.1) is 0 Å².